The molecule has 106 valence electrons. The Bertz CT molecular complexity index is 559. The van der Waals surface area contributed by atoms with Crippen LogP contribution < -0.4 is 10.6 Å². The number of hydrogen-bond acceptors (Lipinski definition) is 4. The normalized spacial score (nSPS) is 10.5. The zero-order valence-electron chi connectivity index (χ0n) is 11.8. The van der Waals surface area contributed by atoms with Gasteiger partial charge in [0, 0.05) is 23.5 Å². The van der Waals surface area contributed by atoms with Crippen molar-refractivity contribution in [3.05, 3.63) is 45.9 Å². The summed E-state index contributed by atoms with van der Waals surface area (Å²) in [5.74, 6) is 0. The standard InChI is InChI=1S/C15H19N3S2/c1-11-12(2)20-15(17-11)10-18(9-8-14(16)19)13-6-4-3-5-7-13/h3-7H,8-10H2,1-2H3,(H2,16,19). The van der Waals surface area contributed by atoms with Gasteiger partial charge in [-0.2, -0.15) is 0 Å². The van der Waals surface area contributed by atoms with Gasteiger partial charge in [-0.05, 0) is 26.0 Å². The number of nitrogens with two attached hydrogens (primary N) is 1. The fraction of sp³-hybridized carbons (Fsp3) is 0.333. The molecule has 0 aliphatic heterocycles. The maximum atomic E-state index is 5.63. The van der Waals surface area contributed by atoms with Crippen LogP contribution in [0.25, 0.3) is 0 Å². The Labute approximate surface area is 129 Å². The van der Waals surface area contributed by atoms with Crippen molar-refractivity contribution in [1.29, 1.82) is 0 Å². The van der Waals surface area contributed by atoms with Crippen molar-refractivity contribution < 1.29 is 0 Å². The second-order valence-electron chi connectivity index (χ2n) is 4.72. The van der Waals surface area contributed by atoms with Gasteiger partial charge in [0.05, 0.1) is 17.2 Å². The summed E-state index contributed by atoms with van der Waals surface area (Å²) in [5, 5.41) is 1.13. The van der Waals surface area contributed by atoms with Gasteiger partial charge in [0.25, 0.3) is 0 Å². The Balaban J connectivity index is 2.16. The fourth-order valence-corrected chi connectivity index (χ4v) is 2.99. The van der Waals surface area contributed by atoms with Crippen LogP contribution in [-0.2, 0) is 6.54 Å². The van der Waals surface area contributed by atoms with E-state index in [9.17, 15) is 0 Å². The number of para-hydroxylation sites is 1. The third kappa shape index (κ3) is 4.02. The molecule has 0 aliphatic rings. The van der Waals surface area contributed by atoms with E-state index < -0.39 is 0 Å². The summed E-state index contributed by atoms with van der Waals surface area (Å²) in [4.78, 5) is 8.72. The van der Waals surface area contributed by atoms with Gasteiger partial charge < -0.3 is 10.6 Å². The van der Waals surface area contributed by atoms with E-state index in [-0.39, 0.29) is 0 Å². The molecule has 0 fully saturated rings. The zero-order chi connectivity index (χ0) is 14.5. The molecule has 0 saturated carbocycles. The number of rotatable bonds is 6. The lowest BCUT2D eigenvalue weighted by molar-refractivity contribution is 0.799. The van der Waals surface area contributed by atoms with Gasteiger partial charge in [-0.3, -0.25) is 0 Å². The van der Waals surface area contributed by atoms with Gasteiger partial charge in [0.2, 0.25) is 0 Å². The summed E-state index contributed by atoms with van der Waals surface area (Å²) in [7, 11) is 0. The van der Waals surface area contributed by atoms with Gasteiger partial charge >= 0.3 is 0 Å². The highest BCUT2D eigenvalue weighted by molar-refractivity contribution is 7.80. The molecule has 0 atom stereocenters. The van der Waals surface area contributed by atoms with Crippen molar-refractivity contribution in [1.82, 2.24) is 4.98 Å². The van der Waals surface area contributed by atoms with Crippen molar-refractivity contribution in [3.8, 4) is 0 Å². The maximum Gasteiger partial charge on any atom is 0.112 e. The molecule has 2 rings (SSSR count). The first-order chi connectivity index (χ1) is 9.56. The van der Waals surface area contributed by atoms with E-state index in [2.05, 4.69) is 35.9 Å². The molecule has 1 aromatic heterocycles. The highest BCUT2D eigenvalue weighted by atomic mass is 32.1. The van der Waals surface area contributed by atoms with Gasteiger partial charge in [-0.25, -0.2) is 4.98 Å². The van der Waals surface area contributed by atoms with Crippen molar-refractivity contribution in [2.45, 2.75) is 26.8 Å². The number of thiazole rings is 1. The summed E-state index contributed by atoms with van der Waals surface area (Å²) in [6.07, 6.45) is 0.716. The number of benzene rings is 1. The topological polar surface area (TPSA) is 42.2 Å². The Morgan fingerprint density at radius 3 is 2.55 bits per heavy atom. The van der Waals surface area contributed by atoms with Crippen molar-refractivity contribution in [2.24, 2.45) is 5.73 Å². The number of aromatic nitrogens is 1. The van der Waals surface area contributed by atoms with Gasteiger partial charge in [0.15, 0.2) is 0 Å². The Hall–Kier alpha value is -1.46. The van der Waals surface area contributed by atoms with Crippen LogP contribution in [0.4, 0.5) is 5.69 Å². The van der Waals surface area contributed by atoms with E-state index in [1.807, 2.05) is 18.2 Å². The van der Waals surface area contributed by atoms with Crippen LogP contribution in [0, 0.1) is 13.8 Å². The molecule has 0 bridgehead atoms. The minimum atomic E-state index is 0.553. The largest absolute Gasteiger partial charge is 0.393 e. The third-order valence-corrected chi connectivity index (χ3v) is 4.41. The number of aryl methyl sites for hydroxylation is 2. The summed E-state index contributed by atoms with van der Waals surface area (Å²) >= 11 is 6.75. The molecule has 0 amide bonds. The fourth-order valence-electron chi connectivity index (χ4n) is 1.95. The first-order valence-corrected chi connectivity index (χ1v) is 7.80. The number of hydrogen-bond donors (Lipinski definition) is 1. The Morgan fingerprint density at radius 2 is 2.00 bits per heavy atom. The van der Waals surface area contributed by atoms with Crippen LogP contribution >= 0.6 is 23.6 Å². The molecule has 0 spiro atoms. The van der Waals surface area contributed by atoms with E-state index in [0.717, 1.165) is 23.8 Å². The van der Waals surface area contributed by atoms with Crippen LogP contribution in [0.3, 0.4) is 0 Å². The van der Waals surface area contributed by atoms with Crippen LogP contribution in [0.5, 0.6) is 0 Å². The summed E-state index contributed by atoms with van der Waals surface area (Å²) < 4.78 is 0. The zero-order valence-corrected chi connectivity index (χ0v) is 13.4. The lowest BCUT2D eigenvalue weighted by atomic mass is 10.2. The summed E-state index contributed by atoms with van der Waals surface area (Å²) in [6, 6.07) is 10.3. The van der Waals surface area contributed by atoms with E-state index in [0.29, 0.717) is 11.4 Å². The molecule has 0 saturated heterocycles. The smallest absolute Gasteiger partial charge is 0.112 e. The SMILES string of the molecule is Cc1nc(CN(CCC(N)=S)c2ccccc2)sc1C. The third-order valence-electron chi connectivity index (χ3n) is 3.15. The van der Waals surface area contributed by atoms with E-state index in [1.54, 1.807) is 11.3 Å². The minimum Gasteiger partial charge on any atom is -0.393 e. The monoisotopic (exact) mass is 305 g/mol. The van der Waals surface area contributed by atoms with Crippen LogP contribution in [0.15, 0.2) is 30.3 Å². The van der Waals surface area contributed by atoms with Crippen LogP contribution in [-0.4, -0.2) is 16.5 Å². The van der Waals surface area contributed by atoms with Crippen LogP contribution in [0.1, 0.15) is 22.0 Å². The molecule has 0 aliphatic carbocycles. The molecule has 3 nitrogen and oxygen atoms in total. The highest BCUT2D eigenvalue weighted by Gasteiger charge is 2.11. The molecule has 5 heteroatoms. The van der Waals surface area contributed by atoms with E-state index >= 15 is 0 Å². The molecular formula is C15H19N3S2. The lowest BCUT2D eigenvalue weighted by Gasteiger charge is -2.23. The first-order valence-electron chi connectivity index (χ1n) is 6.57. The van der Waals surface area contributed by atoms with Crippen molar-refractivity contribution >= 4 is 34.2 Å². The van der Waals surface area contributed by atoms with Gasteiger partial charge in [0.1, 0.15) is 5.01 Å². The second-order valence-corrected chi connectivity index (χ2v) is 6.53. The highest BCUT2D eigenvalue weighted by Crippen LogP contribution is 2.22. The lowest BCUT2D eigenvalue weighted by Crippen LogP contribution is -2.27. The first kappa shape index (κ1) is 14.9. The van der Waals surface area contributed by atoms with Crippen LogP contribution in [0.2, 0.25) is 0 Å². The molecule has 0 radical (unpaired) electrons. The summed E-state index contributed by atoms with van der Waals surface area (Å²) in [6.45, 7) is 5.78. The molecule has 2 aromatic rings. The quantitative estimate of drug-likeness (QED) is 0.830. The number of anilines is 1. The number of nitrogens with zero attached hydrogens (tertiary/aromatic N) is 2. The molecule has 1 aromatic carbocycles. The molecule has 2 N–H and O–H groups in total. The minimum absolute atomic E-state index is 0.553. The van der Waals surface area contributed by atoms with E-state index in [4.69, 9.17) is 18.0 Å². The van der Waals surface area contributed by atoms with E-state index in [1.165, 1.54) is 10.6 Å². The Kier molecular flexibility index (Phi) is 5.09. The average Bonchev–Trinajstić information content (AvgIpc) is 2.74. The Morgan fingerprint density at radius 1 is 1.30 bits per heavy atom. The molecule has 20 heavy (non-hydrogen) atoms. The molecule has 0 unspecified atom stereocenters. The predicted octanol–water partition coefficient (Wildman–Crippen LogP) is 3.44. The second kappa shape index (κ2) is 6.81. The number of thiocarbonyl (C=S) groups is 1. The van der Waals surface area contributed by atoms with Gasteiger partial charge in [-0.15, -0.1) is 11.3 Å². The molecular weight excluding hydrogens is 286 g/mol. The average molecular weight is 305 g/mol. The predicted molar refractivity (Wildman–Crippen MR) is 90.5 cm³/mol. The maximum absolute atomic E-state index is 5.63. The van der Waals surface area contributed by atoms with Crippen molar-refractivity contribution in [3.63, 3.8) is 0 Å². The van der Waals surface area contributed by atoms with Gasteiger partial charge in [-0.1, -0.05) is 30.4 Å². The molecule has 1 heterocycles. The van der Waals surface area contributed by atoms with Crippen molar-refractivity contribution in [2.75, 3.05) is 11.4 Å². The summed E-state index contributed by atoms with van der Waals surface area (Å²) in [5.41, 5.74) is 7.93.